The van der Waals surface area contributed by atoms with Gasteiger partial charge in [-0.1, -0.05) is 12.5 Å². The van der Waals surface area contributed by atoms with E-state index in [1.807, 2.05) is 24.1 Å². The molecule has 0 aromatic carbocycles. The van der Waals surface area contributed by atoms with Crippen LogP contribution in [0, 0.1) is 5.92 Å². The van der Waals surface area contributed by atoms with Gasteiger partial charge in [-0.2, -0.15) is 0 Å². The first-order valence-electron chi connectivity index (χ1n) is 6.45. The van der Waals surface area contributed by atoms with Crippen molar-refractivity contribution in [2.24, 2.45) is 5.92 Å². The quantitative estimate of drug-likeness (QED) is 0.827. The highest BCUT2D eigenvalue weighted by atomic mass is 16.3. The van der Waals surface area contributed by atoms with Crippen LogP contribution in [0.15, 0.2) is 18.2 Å². The van der Waals surface area contributed by atoms with E-state index in [2.05, 4.69) is 4.98 Å². The van der Waals surface area contributed by atoms with Crippen molar-refractivity contribution in [2.45, 2.75) is 32.3 Å². The Morgan fingerprint density at radius 1 is 1.50 bits per heavy atom. The minimum atomic E-state index is -0.191. The number of hydrogen-bond donors (Lipinski definition) is 1. The number of aromatic nitrogens is 1. The van der Waals surface area contributed by atoms with Crippen molar-refractivity contribution in [3.8, 4) is 0 Å². The maximum absolute atomic E-state index is 11.3. The zero-order chi connectivity index (χ0) is 13.1. The molecule has 2 unspecified atom stereocenters. The summed E-state index contributed by atoms with van der Waals surface area (Å²) in [5.74, 6) is 1.09. The second-order valence-corrected chi connectivity index (χ2v) is 5.08. The van der Waals surface area contributed by atoms with E-state index in [0.717, 1.165) is 31.6 Å². The SMILES string of the molecule is CC(=O)c1cccc(N(C)CC2CCCC2O)n1. The number of nitrogens with zero attached hydrogens (tertiary/aromatic N) is 2. The highest BCUT2D eigenvalue weighted by molar-refractivity contribution is 5.92. The zero-order valence-corrected chi connectivity index (χ0v) is 11.0. The zero-order valence-electron chi connectivity index (χ0n) is 11.0. The van der Waals surface area contributed by atoms with Gasteiger partial charge in [-0.3, -0.25) is 4.79 Å². The molecule has 0 amide bonds. The van der Waals surface area contributed by atoms with Crippen LogP contribution in [0.3, 0.4) is 0 Å². The molecule has 0 saturated heterocycles. The Labute approximate surface area is 108 Å². The van der Waals surface area contributed by atoms with Crippen molar-refractivity contribution in [1.82, 2.24) is 4.98 Å². The lowest BCUT2D eigenvalue weighted by Crippen LogP contribution is -2.30. The van der Waals surface area contributed by atoms with Crippen LogP contribution in [0.5, 0.6) is 0 Å². The van der Waals surface area contributed by atoms with Crippen LogP contribution >= 0.6 is 0 Å². The third kappa shape index (κ3) is 2.88. The van der Waals surface area contributed by atoms with E-state index in [0.29, 0.717) is 11.6 Å². The molecule has 0 bridgehead atoms. The van der Waals surface area contributed by atoms with E-state index in [9.17, 15) is 9.90 Å². The van der Waals surface area contributed by atoms with Gasteiger partial charge in [-0.15, -0.1) is 0 Å². The van der Waals surface area contributed by atoms with Crippen LogP contribution in [0.4, 0.5) is 5.82 Å². The Bertz CT molecular complexity index is 434. The summed E-state index contributed by atoms with van der Waals surface area (Å²) in [4.78, 5) is 17.6. The number of rotatable bonds is 4. The van der Waals surface area contributed by atoms with Gasteiger partial charge in [0.2, 0.25) is 0 Å². The predicted molar refractivity (Wildman–Crippen MR) is 70.9 cm³/mol. The first-order valence-corrected chi connectivity index (χ1v) is 6.45. The number of anilines is 1. The van der Waals surface area contributed by atoms with Crippen molar-refractivity contribution >= 4 is 11.6 Å². The standard InChI is InChI=1S/C14H20N2O2/c1-10(17)12-6-4-8-14(15-12)16(2)9-11-5-3-7-13(11)18/h4,6,8,11,13,18H,3,5,7,9H2,1-2H3. The van der Waals surface area contributed by atoms with Gasteiger partial charge in [0, 0.05) is 26.4 Å². The van der Waals surface area contributed by atoms with Crippen LogP contribution in [-0.4, -0.2) is 35.6 Å². The molecule has 1 N–H and O–H groups in total. The number of aliphatic hydroxyl groups is 1. The highest BCUT2D eigenvalue weighted by Gasteiger charge is 2.26. The van der Waals surface area contributed by atoms with Crippen molar-refractivity contribution in [3.05, 3.63) is 23.9 Å². The molecule has 2 rings (SSSR count). The predicted octanol–water partition coefficient (Wildman–Crippen LogP) is 1.88. The van der Waals surface area contributed by atoms with E-state index in [1.165, 1.54) is 6.92 Å². The Kier molecular flexibility index (Phi) is 3.97. The molecule has 1 aliphatic carbocycles. The lowest BCUT2D eigenvalue weighted by molar-refractivity contribution is 0.101. The molecule has 1 fully saturated rings. The molecule has 4 nitrogen and oxygen atoms in total. The summed E-state index contributed by atoms with van der Waals surface area (Å²) in [7, 11) is 1.96. The van der Waals surface area contributed by atoms with Crippen molar-refractivity contribution in [1.29, 1.82) is 0 Å². The van der Waals surface area contributed by atoms with Gasteiger partial charge in [-0.05, 0) is 25.0 Å². The van der Waals surface area contributed by atoms with Crippen molar-refractivity contribution in [2.75, 3.05) is 18.5 Å². The minimum Gasteiger partial charge on any atom is -0.393 e. The molecule has 1 saturated carbocycles. The first kappa shape index (κ1) is 13.0. The van der Waals surface area contributed by atoms with E-state index in [4.69, 9.17) is 0 Å². The number of carbonyl (C=O) groups is 1. The van der Waals surface area contributed by atoms with E-state index in [1.54, 1.807) is 6.07 Å². The minimum absolute atomic E-state index is 0.0221. The summed E-state index contributed by atoms with van der Waals surface area (Å²) < 4.78 is 0. The normalized spacial score (nSPS) is 23.1. The van der Waals surface area contributed by atoms with Crippen LogP contribution in [-0.2, 0) is 0 Å². The second-order valence-electron chi connectivity index (χ2n) is 5.08. The topological polar surface area (TPSA) is 53.4 Å². The molecule has 98 valence electrons. The van der Waals surface area contributed by atoms with Crippen LogP contribution in [0.2, 0.25) is 0 Å². The lowest BCUT2D eigenvalue weighted by atomic mass is 10.1. The van der Waals surface area contributed by atoms with Crippen LogP contribution in [0.25, 0.3) is 0 Å². The van der Waals surface area contributed by atoms with Gasteiger partial charge in [0.25, 0.3) is 0 Å². The monoisotopic (exact) mass is 248 g/mol. The molecule has 1 aromatic rings. The molecular weight excluding hydrogens is 228 g/mol. The fourth-order valence-electron chi connectivity index (χ4n) is 2.51. The summed E-state index contributed by atoms with van der Waals surface area (Å²) >= 11 is 0. The van der Waals surface area contributed by atoms with Gasteiger partial charge < -0.3 is 10.0 Å². The smallest absolute Gasteiger partial charge is 0.178 e. The lowest BCUT2D eigenvalue weighted by Gasteiger charge is -2.24. The van der Waals surface area contributed by atoms with E-state index in [-0.39, 0.29) is 11.9 Å². The first-order chi connectivity index (χ1) is 8.58. The number of hydrogen-bond acceptors (Lipinski definition) is 4. The highest BCUT2D eigenvalue weighted by Crippen LogP contribution is 2.27. The molecular formula is C14H20N2O2. The molecule has 1 heterocycles. The Hall–Kier alpha value is -1.42. The van der Waals surface area contributed by atoms with Gasteiger partial charge in [0.15, 0.2) is 5.78 Å². The van der Waals surface area contributed by atoms with E-state index >= 15 is 0 Å². The number of Topliss-reactive ketones (excluding diaryl/α,β-unsaturated/α-hetero) is 1. The summed E-state index contributed by atoms with van der Waals surface area (Å²) in [6, 6.07) is 5.47. The molecule has 2 atom stereocenters. The third-order valence-corrected chi connectivity index (χ3v) is 3.61. The van der Waals surface area contributed by atoms with Gasteiger partial charge >= 0.3 is 0 Å². The fourth-order valence-corrected chi connectivity index (χ4v) is 2.51. The van der Waals surface area contributed by atoms with Crippen LogP contribution in [0.1, 0.15) is 36.7 Å². The van der Waals surface area contributed by atoms with Crippen molar-refractivity contribution < 1.29 is 9.90 Å². The Balaban J connectivity index is 2.06. The molecule has 18 heavy (non-hydrogen) atoms. The third-order valence-electron chi connectivity index (χ3n) is 3.61. The van der Waals surface area contributed by atoms with Gasteiger partial charge in [-0.25, -0.2) is 4.98 Å². The summed E-state index contributed by atoms with van der Waals surface area (Å²) in [5, 5.41) is 9.83. The average molecular weight is 248 g/mol. The van der Waals surface area contributed by atoms with Gasteiger partial charge in [0.1, 0.15) is 11.5 Å². The molecule has 1 aliphatic rings. The largest absolute Gasteiger partial charge is 0.393 e. The maximum atomic E-state index is 11.3. The van der Waals surface area contributed by atoms with Crippen LogP contribution < -0.4 is 4.90 Å². The fraction of sp³-hybridized carbons (Fsp3) is 0.571. The Morgan fingerprint density at radius 2 is 2.28 bits per heavy atom. The molecule has 0 aliphatic heterocycles. The second kappa shape index (κ2) is 5.48. The molecule has 1 aromatic heterocycles. The summed E-state index contributed by atoms with van der Waals surface area (Å²) in [6.45, 7) is 2.31. The average Bonchev–Trinajstić information content (AvgIpc) is 2.75. The van der Waals surface area contributed by atoms with E-state index < -0.39 is 0 Å². The maximum Gasteiger partial charge on any atom is 0.178 e. The van der Waals surface area contributed by atoms with Crippen molar-refractivity contribution in [3.63, 3.8) is 0 Å². The summed E-state index contributed by atoms with van der Waals surface area (Å²) in [6.07, 6.45) is 2.88. The summed E-state index contributed by atoms with van der Waals surface area (Å²) in [5.41, 5.74) is 0.492. The number of aliphatic hydroxyl groups excluding tert-OH is 1. The number of carbonyl (C=O) groups excluding carboxylic acids is 1. The van der Waals surface area contributed by atoms with Gasteiger partial charge in [0.05, 0.1) is 6.10 Å². The number of pyridine rings is 1. The number of ketones is 1. The Morgan fingerprint density at radius 3 is 2.89 bits per heavy atom. The molecule has 0 radical (unpaired) electrons. The molecule has 4 heteroatoms. The molecule has 0 spiro atoms.